The van der Waals surface area contributed by atoms with Crippen LogP contribution in [0.3, 0.4) is 0 Å². The quantitative estimate of drug-likeness (QED) is 0.474. The molecule has 3 aromatic rings. The minimum atomic E-state index is -1.82. The number of anilines is 1. The molecule has 0 spiro atoms. The summed E-state index contributed by atoms with van der Waals surface area (Å²) < 4.78 is 10.8. The highest BCUT2D eigenvalue weighted by atomic mass is 16.6. The molecule has 3 N–H and O–H groups in total. The summed E-state index contributed by atoms with van der Waals surface area (Å²) in [6, 6.07) is 19.8. The van der Waals surface area contributed by atoms with Crippen molar-refractivity contribution >= 4 is 23.7 Å². The van der Waals surface area contributed by atoms with Crippen molar-refractivity contribution in [2.75, 3.05) is 18.4 Å². The number of carboxylic acid groups (broad SMARTS) is 2. The molecule has 0 radical (unpaired) electrons. The number of nitrogens with zero attached hydrogens (tertiary/aromatic N) is 1. The number of ether oxygens (including phenoxy) is 1. The van der Waals surface area contributed by atoms with Crippen molar-refractivity contribution in [3.8, 4) is 11.1 Å². The molecule has 0 atom stereocenters. The number of para-hydroxylation sites is 1. The molecule has 178 valence electrons. The molecule has 0 saturated carbocycles. The van der Waals surface area contributed by atoms with Gasteiger partial charge < -0.3 is 19.4 Å². The second kappa shape index (κ2) is 12.2. The molecule has 1 fully saturated rings. The molecule has 0 unspecified atom stereocenters. The van der Waals surface area contributed by atoms with Gasteiger partial charge in [0.25, 0.3) is 0 Å². The highest BCUT2D eigenvalue weighted by molar-refractivity contribution is 6.27. The Morgan fingerprint density at radius 1 is 0.941 bits per heavy atom. The van der Waals surface area contributed by atoms with Crippen LogP contribution in [-0.4, -0.2) is 52.3 Å². The van der Waals surface area contributed by atoms with Crippen LogP contribution in [0.2, 0.25) is 0 Å². The van der Waals surface area contributed by atoms with E-state index in [0.717, 1.165) is 49.3 Å². The summed E-state index contributed by atoms with van der Waals surface area (Å²) in [6.45, 7) is 2.69. The third-order valence-electron chi connectivity index (χ3n) is 5.23. The van der Waals surface area contributed by atoms with Gasteiger partial charge in [-0.3, -0.25) is 10.2 Å². The fraction of sp³-hybridized carbons (Fsp3) is 0.240. The number of carbonyl (C=O) groups is 3. The topological polar surface area (TPSA) is 129 Å². The SMILES string of the molecule is O=C(Nc1ccccc1-c1ccccc1)OC1CCN(Cc2ccoc2)CC1.O=C(O)C(=O)O. The van der Waals surface area contributed by atoms with E-state index in [2.05, 4.69) is 10.2 Å². The second-order valence-electron chi connectivity index (χ2n) is 7.66. The van der Waals surface area contributed by atoms with Crippen LogP contribution in [0.25, 0.3) is 11.1 Å². The van der Waals surface area contributed by atoms with E-state index in [-0.39, 0.29) is 6.10 Å². The minimum absolute atomic E-state index is 0.0514. The number of hydrogen-bond donors (Lipinski definition) is 3. The molecule has 34 heavy (non-hydrogen) atoms. The number of nitrogens with one attached hydrogen (secondary N) is 1. The van der Waals surface area contributed by atoms with Crippen LogP contribution in [0.1, 0.15) is 18.4 Å². The summed E-state index contributed by atoms with van der Waals surface area (Å²) in [5.41, 5.74) is 3.98. The van der Waals surface area contributed by atoms with E-state index in [1.54, 1.807) is 12.5 Å². The summed E-state index contributed by atoms with van der Waals surface area (Å²) in [6.07, 6.45) is 4.71. The van der Waals surface area contributed by atoms with Gasteiger partial charge in [-0.25, -0.2) is 14.4 Å². The fourth-order valence-electron chi connectivity index (χ4n) is 3.58. The zero-order chi connectivity index (χ0) is 24.3. The van der Waals surface area contributed by atoms with Crippen molar-refractivity contribution in [1.82, 2.24) is 4.90 Å². The van der Waals surface area contributed by atoms with Gasteiger partial charge in [0, 0.05) is 30.8 Å². The number of carbonyl (C=O) groups excluding carboxylic acids is 1. The van der Waals surface area contributed by atoms with Crippen molar-refractivity contribution in [3.05, 3.63) is 78.8 Å². The van der Waals surface area contributed by atoms with Gasteiger partial charge >= 0.3 is 18.0 Å². The molecule has 4 rings (SSSR count). The standard InChI is InChI=1S/C23H24N2O3.C2H2O4/c26-23(24-22-9-5-4-8-21(22)19-6-2-1-3-7-19)28-20-10-13-25(14-11-20)16-18-12-15-27-17-18;3-1(4)2(5)6/h1-9,12,15,17,20H,10-11,13-14,16H2,(H,24,26);(H,3,4)(H,5,6). The maximum absolute atomic E-state index is 12.4. The minimum Gasteiger partial charge on any atom is -0.473 e. The van der Waals surface area contributed by atoms with E-state index < -0.39 is 18.0 Å². The van der Waals surface area contributed by atoms with E-state index in [4.69, 9.17) is 29.0 Å². The Morgan fingerprint density at radius 2 is 1.59 bits per heavy atom. The number of carboxylic acids is 2. The Balaban J connectivity index is 0.000000481. The summed E-state index contributed by atoms with van der Waals surface area (Å²) >= 11 is 0. The van der Waals surface area contributed by atoms with Crippen molar-refractivity contribution in [3.63, 3.8) is 0 Å². The first kappa shape index (κ1) is 24.5. The maximum Gasteiger partial charge on any atom is 0.414 e. The van der Waals surface area contributed by atoms with E-state index >= 15 is 0 Å². The number of amides is 1. The predicted molar refractivity (Wildman–Crippen MR) is 124 cm³/mol. The van der Waals surface area contributed by atoms with Crippen LogP contribution in [0.5, 0.6) is 0 Å². The molecule has 1 aliphatic rings. The van der Waals surface area contributed by atoms with E-state index in [1.807, 2.05) is 60.7 Å². The number of piperidine rings is 1. The average molecular weight is 466 g/mol. The Morgan fingerprint density at radius 3 is 2.21 bits per heavy atom. The van der Waals surface area contributed by atoms with E-state index in [1.165, 1.54) is 5.56 Å². The molecule has 9 nitrogen and oxygen atoms in total. The first-order chi connectivity index (χ1) is 16.4. The molecule has 1 saturated heterocycles. The van der Waals surface area contributed by atoms with Gasteiger partial charge in [0.15, 0.2) is 0 Å². The molecule has 0 bridgehead atoms. The Bertz CT molecular complexity index is 1060. The van der Waals surface area contributed by atoms with Crippen molar-refractivity contribution in [2.45, 2.75) is 25.5 Å². The van der Waals surface area contributed by atoms with Crippen LogP contribution in [0, 0.1) is 0 Å². The van der Waals surface area contributed by atoms with E-state index in [0.29, 0.717) is 0 Å². The second-order valence-corrected chi connectivity index (χ2v) is 7.66. The lowest BCUT2D eigenvalue weighted by Crippen LogP contribution is -2.38. The normalized spacial score (nSPS) is 13.9. The van der Waals surface area contributed by atoms with Crippen LogP contribution in [-0.2, 0) is 20.9 Å². The molecule has 1 aliphatic heterocycles. The van der Waals surface area contributed by atoms with E-state index in [9.17, 15) is 4.79 Å². The zero-order valence-corrected chi connectivity index (χ0v) is 18.4. The zero-order valence-electron chi connectivity index (χ0n) is 18.4. The van der Waals surface area contributed by atoms with Gasteiger partial charge in [0.2, 0.25) is 0 Å². The Kier molecular flexibility index (Phi) is 8.81. The average Bonchev–Trinajstić information content (AvgIpc) is 3.35. The van der Waals surface area contributed by atoms with Crippen LogP contribution < -0.4 is 5.32 Å². The van der Waals surface area contributed by atoms with Crippen molar-refractivity contribution in [1.29, 1.82) is 0 Å². The van der Waals surface area contributed by atoms with Crippen LogP contribution in [0.4, 0.5) is 10.5 Å². The third-order valence-corrected chi connectivity index (χ3v) is 5.23. The predicted octanol–water partition coefficient (Wildman–Crippen LogP) is 4.32. The molecule has 1 aromatic heterocycles. The van der Waals surface area contributed by atoms with Gasteiger partial charge in [-0.2, -0.15) is 0 Å². The Hall–Kier alpha value is -4.11. The number of hydrogen-bond acceptors (Lipinski definition) is 6. The lowest BCUT2D eigenvalue weighted by molar-refractivity contribution is -0.159. The number of furan rings is 1. The molecule has 1 amide bonds. The number of aliphatic carboxylic acids is 2. The van der Waals surface area contributed by atoms with Crippen molar-refractivity contribution < 1.29 is 33.8 Å². The summed E-state index contributed by atoms with van der Waals surface area (Å²) in [4.78, 5) is 33.0. The molecule has 9 heteroatoms. The van der Waals surface area contributed by atoms with Gasteiger partial charge in [-0.1, -0.05) is 48.5 Å². The third kappa shape index (κ3) is 7.49. The van der Waals surface area contributed by atoms with Gasteiger partial charge in [-0.05, 0) is 30.5 Å². The summed E-state index contributed by atoms with van der Waals surface area (Å²) in [5, 5.41) is 17.7. The smallest absolute Gasteiger partial charge is 0.414 e. The molecule has 2 aromatic carbocycles. The first-order valence-electron chi connectivity index (χ1n) is 10.7. The lowest BCUT2D eigenvalue weighted by Gasteiger charge is -2.31. The van der Waals surface area contributed by atoms with Crippen molar-refractivity contribution in [2.24, 2.45) is 0 Å². The number of benzene rings is 2. The highest BCUT2D eigenvalue weighted by Gasteiger charge is 2.23. The number of likely N-dealkylation sites (tertiary alicyclic amines) is 1. The fourth-order valence-corrected chi connectivity index (χ4v) is 3.58. The summed E-state index contributed by atoms with van der Waals surface area (Å²) in [7, 11) is 0. The highest BCUT2D eigenvalue weighted by Crippen LogP contribution is 2.28. The molecular weight excluding hydrogens is 440 g/mol. The van der Waals surface area contributed by atoms with Gasteiger partial charge in [-0.15, -0.1) is 0 Å². The van der Waals surface area contributed by atoms with Crippen LogP contribution >= 0.6 is 0 Å². The largest absolute Gasteiger partial charge is 0.473 e. The monoisotopic (exact) mass is 466 g/mol. The van der Waals surface area contributed by atoms with Gasteiger partial charge in [0.05, 0.1) is 18.2 Å². The van der Waals surface area contributed by atoms with Gasteiger partial charge in [0.1, 0.15) is 6.10 Å². The number of rotatable bonds is 5. The van der Waals surface area contributed by atoms with Crippen LogP contribution in [0.15, 0.2) is 77.6 Å². The molecular formula is C25H26N2O7. The first-order valence-corrected chi connectivity index (χ1v) is 10.7. The molecule has 0 aliphatic carbocycles. The Labute approximate surface area is 196 Å². The lowest BCUT2D eigenvalue weighted by atomic mass is 10.0. The molecule has 2 heterocycles. The summed E-state index contributed by atoms with van der Waals surface area (Å²) in [5.74, 6) is -3.65. The maximum atomic E-state index is 12.4.